The van der Waals surface area contributed by atoms with Gasteiger partial charge in [-0.25, -0.2) is 8.42 Å². The van der Waals surface area contributed by atoms with Gasteiger partial charge in [0.2, 0.25) is 0 Å². The van der Waals surface area contributed by atoms with E-state index in [0.717, 1.165) is 6.54 Å². The van der Waals surface area contributed by atoms with Crippen LogP contribution in [0.4, 0.5) is 0 Å². The van der Waals surface area contributed by atoms with Crippen LogP contribution in [0.5, 0.6) is 0 Å². The molecular formula is C14H26N2O2S. The van der Waals surface area contributed by atoms with Gasteiger partial charge in [-0.1, -0.05) is 0 Å². The van der Waals surface area contributed by atoms with Gasteiger partial charge in [-0.15, -0.1) is 0 Å². The zero-order valence-corrected chi connectivity index (χ0v) is 13.7. The highest BCUT2D eigenvalue weighted by molar-refractivity contribution is 7.92. The Bertz CT molecular complexity index is 542. The molecule has 0 radical (unpaired) electrons. The van der Waals surface area contributed by atoms with Gasteiger partial charge in [0.25, 0.3) is 0 Å². The molecule has 4 nitrogen and oxygen atoms in total. The first-order chi connectivity index (χ1) is 8.60. The largest absolute Gasteiger partial charge is 0.349 e. The van der Waals surface area contributed by atoms with Crippen LogP contribution >= 0.6 is 0 Å². The highest BCUT2D eigenvalue weighted by Gasteiger charge is 2.29. The maximum Gasteiger partial charge on any atom is 0.153 e. The van der Waals surface area contributed by atoms with Crippen molar-refractivity contribution in [2.75, 3.05) is 12.8 Å². The lowest BCUT2D eigenvalue weighted by atomic mass is 10.2. The van der Waals surface area contributed by atoms with E-state index in [1.54, 1.807) is 13.8 Å². The van der Waals surface area contributed by atoms with Gasteiger partial charge < -0.3 is 9.88 Å². The molecule has 5 heteroatoms. The lowest BCUT2D eigenvalue weighted by molar-refractivity contribution is 0.521. The molecule has 0 aliphatic rings. The molecule has 1 rings (SSSR count). The molecule has 110 valence electrons. The number of rotatable bonds is 6. The Hall–Kier alpha value is -0.810. The van der Waals surface area contributed by atoms with E-state index < -0.39 is 14.6 Å². The second-order valence-electron chi connectivity index (χ2n) is 5.78. The topological polar surface area (TPSA) is 51.1 Å². The van der Waals surface area contributed by atoms with E-state index in [0.29, 0.717) is 13.1 Å². The Morgan fingerprint density at radius 1 is 1.32 bits per heavy atom. The minimum atomic E-state index is -3.04. The molecule has 0 aromatic carbocycles. The predicted octanol–water partition coefficient (Wildman–Crippen LogP) is 2.04. The molecule has 19 heavy (non-hydrogen) atoms. The molecule has 1 aromatic heterocycles. The summed E-state index contributed by atoms with van der Waals surface area (Å²) in [6, 6.07) is 2.17. The van der Waals surface area contributed by atoms with Crippen molar-refractivity contribution in [1.29, 1.82) is 0 Å². The zero-order chi connectivity index (χ0) is 14.8. The highest BCUT2D eigenvalue weighted by Crippen LogP contribution is 2.16. The summed E-state index contributed by atoms with van der Waals surface area (Å²) in [4.78, 5) is 0. The number of aromatic nitrogens is 1. The van der Waals surface area contributed by atoms with E-state index in [-0.39, 0.29) is 0 Å². The number of nitrogens with zero attached hydrogens (tertiary/aromatic N) is 1. The molecule has 0 bridgehead atoms. The predicted molar refractivity (Wildman–Crippen MR) is 80.2 cm³/mol. The Labute approximate surface area is 117 Å². The van der Waals surface area contributed by atoms with E-state index in [4.69, 9.17) is 0 Å². The van der Waals surface area contributed by atoms with Crippen LogP contribution in [0.2, 0.25) is 0 Å². The third-order valence-electron chi connectivity index (χ3n) is 3.86. The standard InChI is InChI=1S/C14H26N2O2S/c1-7-16-11(2)8-13(12(16)3)9-15-10-14(4,5)19(6,17)18/h8,15H,7,9-10H2,1-6H3. The SMILES string of the molecule is CCn1c(C)cc(CNCC(C)(C)S(C)(=O)=O)c1C. The molecule has 1 aromatic rings. The Morgan fingerprint density at radius 3 is 2.32 bits per heavy atom. The van der Waals surface area contributed by atoms with E-state index in [2.05, 4.69) is 36.7 Å². The van der Waals surface area contributed by atoms with Gasteiger partial charge >= 0.3 is 0 Å². The summed E-state index contributed by atoms with van der Waals surface area (Å²) in [5.41, 5.74) is 3.74. The molecule has 0 fully saturated rings. The van der Waals surface area contributed by atoms with Crippen molar-refractivity contribution in [3.63, 3.8) is 0 Å². The van der Waals surface area contributed by atoms with E-state index >= 15 is 0 Å². The van der Waals surface area contributed by atoms with Crippen molar-refractivity contribution in [3.05, 3.63) is 23.0 Å². The lowest BCUT2D eigenvalue weighted by Gasteiger charge is -2.22. The first-order valence-corrected chi connectivity index (χ1v) is 8.55. The molecule has 1 heterocycles. The number of hydrogen-bond donors (Lipinski definition) is 1. The third-order valence-corrected chi connectivity index (χ3v) is 6.02. The third kappa shape index (κ3) is 3.60. The average molecular weight is 286 g/mol. The summed E-state index contributed by atoms with van der Waals surface area (Å²) in [5.74, 6) is 0. The molecule has 0 unspecified atom stereocenters. The molecular weight excluding hydrogens is 260 g/mol. The van der Waals surface area contributed by atoms with E-state index in [9.17, 15) is 8.42 Å². The van der Waals surface area contributed by atoms with Gasteiger partial charge in [-0.2, -0.15) is 0 Å². The normalized spacial score (nSPS) is 12.9. The molecule has 0 saturated carbocycles. The van der Waals surface area contributed by atoms with Crippen molar-refractivity contribution in [3.8, 4) is 0 Å². The van der Waals surface area contributed by atoms with Crippen molar-refractivity contribution < 1.29 is 8.42 Å². The second-order valence-corrected chi connectivity index (χ2v) is 8.43. The molecule has 0 atom stereocenters. The quantitative estimate of drug-likeness (QED) is 0.870. The van der Waals surface area contributed by atoms with Crippen LogP contribution in [-0.4, -0.2) is 30.5 Å². The van der Waals surface area contributed by atoms with Gasteiger partial charge in [-0.3, -0.25) is 0 Å². The van der Waals surface area contributed by atoms with Crippen LogP contribution in [0.1, 0.15) is 37.7 Å². The van der Waals surface area contributed by atoms with Gasteiger partial charge in [0, 0.05) is 37.3 Å². The number of hydrogen-bond acceptors (Lipinski definition) is 3. The smallest absolute Gasteiger partial charge is 0.153 e. The van der Waals surface area contributed by atoms with Crippen molar-refractivity contribution >= 4 is 9.84 Å². The number of aryl methyl sites for hydroxylation is 1. The Morgan fingerprint density at radius 2 is 1.89 bits per heavy atom. The maximum atomic E-state index is 11.6. The fourth-order valence-corrected chi connectivity index (χ4v) is 2.53. The highest BCUT2D eigenvalue weighted by atomic mass is 32.2. The molecule has 1 N–H and O–H groups in total. The monoisotopic (exact) mass is 286 g/mol. The van der Waals surface area contributed by atoms with Gasteiger partial charge in [-0.05, 0) is 46.2 Å². The van der Waals surface area contributed by atoms with Crippen LogP contribution < -0.4 is 5.32 Å². The van der Waals surface area contributed by atoms with Crippen LogP contribution in [0.3, 0.4) is 0 Å². The van der Waals surface area contributed by atoms with Gasteiger partial charge in [0.05, 0.1) is 4.75 Å². The van der Waals surface area contributed by atoms with Crippen molar-refractivity contribution in [2.24, 2.45) is 0 Å². The van der Waals surface area contributed by atoms with Crippen LogP contribution in [0, 0.1) is 13.8 Å². The first-order valence-electron chi connectivity index (χ1n) is 6.66. The van der Waals surface area contributed by atoms with Crippen molar-refractivity contribution in [1.82, 2.24) is 9.88 Å². The van der Waals surface area contributed by atoms with Crippen LogP contribution in [0.25, 0.3) is 0 Å². The summed E-state index contributed by atoms with van der Waals surface area (Å²) in [6.45, 7) is 12.0. The second kappa shape index (κ2) is 5.67. The Balaban J connectivity index is 2.69. The fraction of sp³-hybridized carbons (Fsp3) is 0.714. The molecule has 0 saturated heterocycles. The summed E-state index contributed by atoms with van der Waals surface area (Å²) in [7, 11) is -3.04. The van der Waals surface area contributed by atoms with Crippen LogP contribution in [-0.2, 0) is 22.9 Å². The molecule has 0 spiro atoms. The minimum absolute atomic E-state index is 0.460. The molecule has 0 aliphatic heterocycles. The molecule has 0 aliphatic carbocycles. The van der Waals surface area contributed by atoms with Crippen LogP contribution in [0.15, 0.2) is 6.07 Å². The number of nitrogens with one attached hydrogen (secondary N) is 1. The zero-order valence-electron chi connectivity index (χ0n) is 12.9. The van der Waals surface area contributed by atoms with E-state index in [1.807, 2.05) is 0 Å². The summed E-state index contributed by atoms with van der Waals surface area (Å²) in [6.07, 6.45) is 1.29. The summed E-state index contributed by atoms with van der Waals surface area (Å²) in [5, 5.41) is 3.26. The maximum absolute atomic E-state index is 11.6. The molecule has 0 amide bonds. The Kier molecular flexibility index (Phi) is 4.85. The first kappa shape index (κ1) is 16.2. The summed E-state index contributed by atoms with van der Waals surface area (Å²) < 4.78 is 24.8. The number of sulfone groups is 1. The fourth-order valence-electron chi connectivity index (χ4n) is 2.17. The van der Waals surface area contributed by atoms with E-state index in [1.165, 1.54) is 23.2 Å². The van der Waals surface area contributed by atoms with Gasteiger partial charge in [0.15, 0.2) is 9.84 Å². The van der Waals surface area contributed by atoms with Crippen molar-refractivity contribution in [2.45, 2.75) is 52.5 Å². The van der Waals surface area contributed by atoms with Gasteiger partial charge in [0.1, 0.15) is 0 Å². The average Bonchev–Trinajstić information content (AvgIpc) is 2.52. The minimum Gasteiger partial charge on any atom is -0.349 e. The lowest BCUT2D eigenvalue weighted by Crippen LogP contribution is -2.41. The summed E-state index contributed by atoms with van der Waals surface area (Å²) >= 11 is 0.